The lowest BCUT2D eigenvalue weighted by atomic mass is 10.1. The molecule has 146 valence electrons. The molecule has 2 heterocycles. The van der Waals surface area contributed by atoms with Crippen LogP contribution in [0.2, 0.25) is 0 Å². The summed E-state index contributed by atoms with van der Waals surface area (Å²) in [6, 6.07) is 18.8. The zero-order valence-corrected chi connectivity index (χ0v) is 15.8. The van der Waals surface area contributed by atoms with E-state index in [1.54, 1.807) is 4.90 Å². The fourth-order valence-electron chi connectivity index (χ4n) is 3.85. The number of fused-ring (bicyclic) bond motifs is 2. The molecule has 2 amide bonds. The summed E-state index contributed by atoms with van der Waals surface area (Å²) in [7, 11) is 0. The summed E-state index contributed by atoms with van der Waals surface area (Å²) in [5.41, 5.74) is 1.34. The lowest BCUT2D eigenvalue weighted by Crippen LogP contribution is -2.37. The van der Waals surface area contributed by atoms with Gasteiger partial charge in [0, 0.05) is 30.3 Å². The largest absolute Gasteiger partial charge is 0.486 e. The number of carbonyl (C=O) groups is 2. The first-order chi connectivity index (χ1) is 14.2. The molecule has 0 saturated carbocycles. The van der Waals surface area contributed by atoms with E-state index < -0.39 is 0 Å². The van der Waals surface area contributed by atoms with E-state index in [1.807, 2.05) is 60.7 Å². The van der Waals surface area contributed by atoms with Crippen molar-refractivity contribution < 1.29 is 19.1 Å². The van der Waals surface area contributed by atoms with Crippen molar-refractivity contribution >= 4 is 28.3 Å². The Labute approximate surface area is 168 Å². The number of hydrogen-bond acceptors (Lipinski definition) is 4. The van der Waals surface area contributed by atoms with Gasteiger partial charge >= 0.3 is 0 Å². The van der Waals surface area contributed by atoms with E-state index in [0.717, 1.165) is 16.5 Å². The number of benzene rings is 3. The topological polar surface area (TPSA) is 67.9 Å². The maximum Gasteiger partial charge on any atom is 0.251 e. The molecule has 0 aliphatic carbocycles. The molecule has 2 aliphatic heterocycles. The van der Waals surface area contributed by atoms with Gasteiger partial charge in [0.2, 0.25) is 5.91 Å². The van der Waals surface area contributed by atoms with Gasteiger partial charge in [0.25, 0.3) is 5.91 Å². The van der Waals surface area contributed by atoms with E-state index in [9.17, 15) is 9.59 Å². The summed E-state index contributed by atoms with van der Waals surface area (Å²) in [6.45, 7) is 1.45. The standard InChI is InChI=1S/C23H20N2O4/c26-22-12-18(14-25(22)19-7-8-20-21(13-19)29-10-9-28-20)24-23(27)17-6-5-15-3-1-2-4-16(15)11-17/h1-8,11,13,18H,9-10,12,14H2,(H,24,27)/t18-/m0/s1. The van der Waals surface area contributed by atoms with Crippen molar-refractivity contribution in [1.82, 2.24) is 5.32 Å². The predicted octanol–water partition coefficient (Wildman–Crippen LogP) is 3.15. The van der Waals surface area contributed by atoms with Crippen molar-refractivity contribution in [3.63, 3.8) is 0 Å². The smallest absolute Gasteiger partial charge is 0.251 e. The van der Waals surface area contributed by atoms with E-state index in [1.165, 1.54) is 0 Å². The zero-order valence-electron chi connectivity index (χ0n) is 15.8. The van der Waals surface area contributed by atoms with Crippen LogP contribution in [0.5, 0.6) is 11.5 Å². The van der Waals surface area contributed by atoms with Crippen molar-refractivity contribution in [3.05, 3.63) is 66.2 Å². The number of ether oxygens (including phenoxy) is 2. The number of amides is 2. The van der Waals surface area contributed by atoms with Gasteiger partial charge < -0.3 is 19.7 Å². The Morgan fingerprint density at radius 2 is 1.72 bits per heavy atom. The van der Waals surface area contributed by atoms with Crippen LogP contribution in [0.15, 0.2) is 60.7 Å². The first kappa shape index (κ1) is 17.6. The third-order valence-electron chi connectivity index (χ3n) is 5.31. The van der Waals surface area contributed by atoms with Gasteiger partial charge in [-0.1, -0.05) is 30.3 Å². The Balaban J connectivity index is 1.30. The van der Waals surface area contributed by atoms with Gasteiger partial charge in [-0.2, -0.15) is 0 Å². The summed E-state index contributed by atoms with van der Waals surface area (Å²) < 4.78 is 11.1. The molecule has 5 rings (SSSR count). The van der Waals surface area contributed by atoms with E-state index in [-0.39, 0.29) is 24.3 Å². The van der Waals surface area contributed by atoms with Crippen LogP contribution in [-0.2, 0) is 4.79 Å². The minimum absolute atomic E-state index is 0.0227. The monoisotopic (exact) mass is 388 g/mol. The molecule has 0 unspecified atom stereocenters. The highest BCUT2D eigenvalue weighted by molar-refractivity contribution is 6.01. The summed E-state index contributed by atoms with van der Waals surface area (Å²) >= 11 is 0. The molecule has 0 radical (unpaired) electrons. The molecular weight excluding hydrogens is 368 g/mol. The van der Waals surface area contributed by atoms with E-state index in [2.05, 4.69) is 5.32 Å². The van der Waals surface area contributed by atoms with Crippen molar-refractivity contribution in [3.8, 4) is 11.5 Å². The molecule has 1 atom stereocenters. The Kier molecular flexibility index (Phi) is 4.31. The van der Waals surface area contributed by atoms with Gasteiger partial charge in [-0.25, -0.2) is 0 Å². The second kappa shape index (κ2) is 7.13. The normalized spacial score (nSPS) is 18.1. The fourth-order valence-corrected chi connectivity index (χ4v) is 3.85. The second-order valence-corrected chi connectivity index (χ2v) is 7.27. The fraction of sp³-hybridized carbons (Fsp3) is 0.217. The molecule has 3 aromatic rings. The van der Waals surface area contributed by atoms with Crippen molar-refractivity contribution in [1.29, 1.82) is 0 Å². The van der Waals surface area contributed by atoms with Crippen LogP contribution in [0.1, 0.15) is 16.8 Å². The molecule has 6 nitrogen and oxygen atoms in total. The number of hydrogen-bond donors (Lipinski definition) is 1. The highest BCUT2D eigenvalue weighted by Crippen LogP contribution is 2.35. The highest BCUT2D eigenvalue weighted by Gasteiger charge is 2.32. The van der Waals surface area contributed by atoms with E-state index in [4.69, 9.17) is 9.47 Å². The molecule has 0 bridgehead atoms. The minimum Gasteiger partial charge on any atom is -0.486 e. The Bertz CT molecular complexity index is 1110. The molecular formula is C23H20N2O4. The van der Waals surface area contributed by atoms with Crippen LogP contribution in [0.25, 0.3) is 10.8 Å². The van der Waals surface area contributed by atoms with Gasteiger partial charge in [0.15, 0.2) is 11.5 Å². The van der Waals surface area contributed by atoms with E-state index in [0.29, 0.717) is 36.8 Å². The summed E-state index contributed by atoms with van der Waals surface area (Å²) in [6.07, 6.45) is 0.272. The molecule has 1 N–H and O–H groups in total. The average Bonchev–Trinajstić information content (AvgIpc) is 3.12. The van der Waals surface area contributed by atoms with Gasteiger partial charge in [0.05, 0.1) is 6.04 Å². The number of anilines is 1. The van der Waals surface area contributed by atoms with Gasteiger partial charge in [0.1, 0.15) is 13.2 Å². The summed E-state index contributed by atoms with van der Waals surface area (Å²) in [4.78, 5) is 26.9. The number of nitrogens with one attached hydrogen (secondary N) is 1. The molecule has 2 aliphatic rings. The molecule has 1 saturated heterocycles. The third kappa shape index (κ3) is 3.38. The maximum atomic E-state index is 12.7. The summed E-state index contributed by atoms with van der Waals surface area (Å²) in [5.74, 6) is 1.14. The SMILES string of the molecule is O=C(N[C@H]1CC(=O)N(c2ccc3c(c2)OCCO3)C1)c1ccc2ccccc2c1. The Morgan fingerprint density at radius 3 is 2.59 bits per heavy atom. The van der Waals surface area contributed by atoms with Crippen LogP contribution in [0, 0.1) is 0 Å². The summed E-state index contributed by atoms with van der Waals surface area (Å²) in [5, 5.41) is 5.10. The maximum absolute atomic E-state index is 12.7. The first-order valence-corrected chi connectivity index (χ1v) is 9.67. The van der Waals surface area contributed by atoms with E-state index >= 15 is 0 Å². The van der Waals surface area contributed by atoms with Crippen LogP contribution in [0.3, 0.4) is 0 Å². The van der Waals surface area contributed by atoms with Gasteiger partial charge in [-0.3, -0.25) is 9.59 Å². The molecule has 0 spiro atoms. The van der Waals surface area contributed by atoms with Crippen molar-refractivity contribution in [2.75, 3.05) is 24.7 Å². The Hall–Kier alpha value is -3.54. The lowest BCUT2D eigenvalue weighted by Gasteiger charge is -2.22. The minimum atomic E-state index is -0.241. The number of carbonyl (C=O) groups excluding carboxylic acids is 2. The molecule has 3 aromatic carbocycles. The number of rotatable bonds is 3. The Morgan fingerprint density at radius 1 is 0.931 bits per heavy atom. The zero-order chi connectivity index (χ0) is 19.8. The molecule has 29 heavy (non-hydrogen) atoms. The van der Waals surface area contributed by atoms with Crippen LogP contribution in [-0.4, -0.2) is 37.6 Å². The predicted molar refractivity (Wildman–Crippen MR) is 110 cm³/mol. The van der Waals surface area contributed by atoms with Crippen LogP contribution >= 0.6 is 0 Å². The van der Waals surface area contributed by atoms with Crippen molar-refractivity contribution in [2.45, 2.75) is 12.5 Å². The van der Waals surface area contributed by atoms with Crippen molar-refractivity contribution in [2.24, 2.45) is 0 Å². The molecule has 6 heteroatoms. The van der Waals surface area contributed by atoms with Gasteiger partial charge in [-0.15, -0.1) is 0 Å². The van der Waals surface area contributed by atoms with Gasteiger partial charge in [-0.05, 0) is 35.0 Å². The number of nitrogens with zero attached hydrogens (tertiary/aromatic N) is 1. The molecule has 1 fully saturated rings. The average molecular weight is 388 g/mol. The third-order valence-corrected chi connectivity index (χ3v) is 5.31. The lowest BCUT2D eigenvalue weighted by molar-refractivity contribution is -0.117. The quantitative estimate of drug-likeness (QED) is 0.749. The molecule has 0 aromatic heterocycles. The highest BCUT2D eigenvalue weighted by atomic mass is 16.6. The van der Waals surface area contributed by atoms with Crippen LogP contribution in [0.4, 0.5) is 5.69 Å². The first-order valence-electron chi connectivity index (χ1n) is 9.67. The van der Waals surface area contributed by atoms with Crippen LogP contribution < -0.4 is 19.7 Å². The second-order valence-electron chi connectivity index (χ2n) is 7.27.